The molecule has 2 N–H and O–H groups in total. The molecule has 1 aromatic rings. The van der Waals surface area contributed by atoms with Gasteiger partial charge in [0.05, 0.1) is 6.61 Å². The Balaban J connectivity index is 2.15. The van der Waals surface area contributed by atoms with E-state index in [4.69, 9.17) is 10.5 Å². The maximum atomic E-state index is 13.2. The first kappa shape index (κ1) is 10.4. The topological polar surface area (TPSA) is 35.2 Å². The Bertz CT molecular complexity index is 329. The largest absolute Gasteiger partial charge is 0.493 e. The molecule has 0 aromatic heterocycles. The van der Waals surface area contributed by atoms with Crippen LogP contribution in [0.3, 0.4) is 0 Å². The molecule has 0 saturated carbocycles. The van der Waals surface area contributed by atoms with Gasteiger partial charge in [-0.05, 0) is 30.4 Å². The van der Waals surface area contributed by atoms with E-state index in [0.29, 0.717) is 13.0 Å². The van der Waals surface area contributed by atoms with Gasteiger partial charge in [0.15, 0.2) is 0 Å². The van der Waals surface area contributed by atoms with Crippen molar-refractivity contribution < 1.29 is 9.13 Å². The summed E-state index contributed by atoms with van der Waals surface area (Å²) in [6, 6.07) is 7.87. The third kappa shape index (κ3) is 2.29. The summed E-state index contributed by atoms with van der Waals surface area (Å²) >= 11 is 0. The molecular formula is C12H16FNO. The van der Waals surface area contributed by atoms with Crippen LogP contribution in [0.15, 0.2) is 24.3 Å². The lowest BCUT2D eigenvalue weighted by atomic mass is 9.88. The van der Waals surface area contributed by atoms with Crippen molar-refractivity contribution >= 4 is 0 Å². The number of ether oxygens (including phenoxy) is 1. The zero-order valence-electron chi connectivity index (χ0n) is 8.66. The highest BCUT2D eigenvalue weighted by Gasteiger charge is 2.23. The molecule has 0 amide bonds. The molecule has 2 unspecified atom stereocenters. The molecule has 0 spiro atoms. The van der Waals surface area contributed by atoms with Gasteiger partial charge in [-0.25, -0.2) is 4.39 Å². The van der Waals surface area contributed by atoms with Gasteiger partial charge in [0.2, 0.25) is 0 Å². The summed E-state index contributed by atoms with van der Waals surface area (Å²) in [6.07, 6.45) is 0.495. The van der Waals surface area contributed by atoms with E-state index in [2.05, 4.69) is 0 Å². The maximum Gasteiger partial charge on any atom is 0.122 e. The van der Waals surface area contributed by atoms with Crippen molar-refractivity contribution in [2.75, 3.05) is 13.2 Å². The molecule has 2 atom stereocenters. The van der Waals surface area contributed by atoms with Crippen LogP contribution >= 0.6 is 0 Å². The van der Waals surface area contributed by atoms with Gasteiger partial charge in [-0.1, -0.05) is 18.2 Å². The molecule has 0 saturated heterocycles. The zero-order chi connectivity index (χ0) is 10.7. The highest BCUT2D eigenvalue weighted by molar-refractivity contribution is 5.37. The molecule has 15 heavy (non-hydrogen) atoms. The zero-order valence-corrected chi connectivity index (χ0v) is 8.66. The minimum atomic E-state index is -0.902. The molecule has 3 heteroatoms. The fraction of sp³-hybridized carbons (Fsp3) is 0.500. The Kier molecular flexibility index (Phi) is 3.21. The van der Waals surface area contributed by atoms with Crippen LogP contribution in [0.25, 0.3) is 0 Å². The number of hydrogen-bond donors (Lipinski definition) is 1. The van der Waals surface area contributed by atoms with Gasteiger partial charge in [0.25, 0.3) is 0 Å². The normalized spacial score (nSPS) is 21.6. The molecule has 0 aliphatic carbocycles. The van der Waals surface area contributed by atoms with Crippen molar-refractivity contribution in [3.8, 4) is 5.75 Å². The van der Waals surface area contributed by atoms with Crippen LogP contribution in [-0.2, 0) is 0 Å². The van der Waals surface area contributed by atoms with Crippen LogP contribution in [0.4, 0.5) is 4.39 Å². The number of halogens is 1. The Hall–Kier alpha value is -1.09. The van der Waals surface area contributed by atoms with Crippen LogP contribution in [0, 0.1) is 0 Å². The van der Waals surface area contributed by atoms with E-state index in [1.54, 1.807) is 0 Å². The lowest BCUT2D eigenvalue weighted by Crippen LogP contribution is -2.22. The van der Waals surface area contributed by atoms with Gasteiger partial charge in [0.1, 0.15) is 11.9 Å². The first-order chi connectivity index (χ1) is 7.31. The predicted molar refractivity (Wildman–Crippen MR) is 57.9 cm³/mol. The molecule has 1 heterocycles. The fourth-order valence-corrected chi connectivity index (χ4v) is 2.07. The highest BCUT2D eigenvalue weighted by atomic mass is 19.1. The second-order valence-corrected chi connectivity index (χ2v) is 3.94. The number of alkyl halides is 1. The average Bonchev–Trinajstić information content (AvgIpc) is 2.29. The summed E-state index contributed by atoms with van der Waals surface area (Å²) in [5.74, 6) is 1.16. The van der Waals surface area contributed by atoms with Gasteiger partial charge in [-0.3, -0.25) is 0 Å². The molecule has 0 radical (unpaired) electrons. The lowest BCUT2D eigenvalue weighted by Gasteiger charge is -2.26. The van der Waals surface area contributed by atoms with Crippen LogP contribution < -0.4 is 10.5 Å². The van der Waals surface area contributed by atoms with Gasteiger partial charge in [0, 0.05) is 6.54 Å². The van der Waals surface area contributed by atoms with Crippen molar-refractivity contribution in [3.05, 3.63) is 29.8 Å². The second-order valence-electron chi connectivity index (χ2n) is 3.94. The van der Waals surface area contributed by atoms with Crippen LogP contribution in [0.5, 0.6) is 5.75 Å². The molecule has 82 valence electrons. The third-order valence-electron chi connectivity index (χ3n) is 2.88. The van der Waals surface area contributed by atoms with Crippen molar-refractivity contribution in [3.63, 3.8) is 0 Å². The van der Waals surface area contributed by atoms with E-state index >= 15 is 0 Å². The first-order valence-electron chi connectivity index (χ1n) is 5.37. The van der Waals surface area contributed by atoms with Crippen molar-refractivity contribution in [1.29, 1.82) is 0 Å². The molecule has 0 fully saturated rings. The molecule has 1 aliphatic heterocycles. The SMILES string of the molecule is NCC(F)CC1CCOc2ccccc21. The quantitative estimate of drug-likeness (QED) is 0.828. The van der Waals surface area contributed by atoms with E-state index in [9.17, 15) is 4.39 Å². The fourth-order valence-electron chi connectivity index (χ4n) is 2.07. The summed E-state index contributed by atoms with van der Waals surface area (Å²) in [5, 5.41) is 0. The van der Waals surface area contributed by atoms with Gasteiger partial charge in [-0.15, -0.1) is 0 Å². The summed E-state index contributed by atoms with van der Waals surface area (Å²) in [7, 11) is 0. The van der Waals surface area contributed by atoms with E-state index < -0.39 is 6.17 Å². The van der Waals surface area contributed by atoms with Crippen LogP contribution in [-0.4, -0.2) is 19.3 Å². The second kappa shape index (κ2) is 4.62. The smallest absolute Gasteiger partial charge is 0.122 e. The predicted octanol–water partition coefficient (Wildman–Crippen LogP) is 2.24. The van der Waals surface area contributed by atoms with Crippen molar-refractivity contribution in [2.24, 2.45) is 5.73 Å². The Morgan fingerprint density at radius 2 is 2.27 bits per heavy atom. The minimum absolute atomic E-state index is 0.111. The molecular weight excluding hydrogens is 193 g/mol. The number of benzene rings is 1. The maximum absolute atomic E-state index is 13.2. The van der Waals surface area contributed by atoms with Gasteiger partial charge in [-0.2, -0.15) is 0 Å². The summed E-state index contributed by atoms with van der Waals surface area (Å²) < 4.78 is 18.8. The molecule has 1 aliphatic rings. The molecule has 1 aromatic carbocycles. The van der Waals surface area contributed by atoms with Gasteiger partial charge >= 0.3 is 0 Å². The molecule has 2 rings (SSSR count). The number of nitrogens with two attached hydrogens (primary N) is 1. The van der Waals surface area contributed by atoms with Crippen molar-refractivity contribution in [1.82, 2.24) is 0 Å². The van der Waals surface area contributed by atoms with E-state index in [1.807, 2.05) is 24.3 Å². The number of hydrogen-bond acceptors (Lipinski definition) is 2. The third-order valence-corrected chi connectivity index (χ3v) is 2.88. The summed E-state index contributed by atoms with van der Waals surface area (Å²) in [6.45, 7) is 0.790. The van der Waals surface area contributed by atoms with E-state index in [1.165, 1.54) is 0 Å². The number of para-hydroxylation sites is 1. The summed E-state index contributed by atoms with van der Waals surface area (Å²) in [4.78, 5) is 0. The Morgan fingerprint density at radius 3 is 3.07 bits per heavy atom. The Labute approximate surface area is 89.2 Å². The number of fused-ring (bicyclic) bond motifs is 1. The van der Waals surface area contributed by atoms with Crippen LogP contribution in [0.2, 0.25) is 0 Å². The molecule has 0 bridgehead atoms. The standard InChI is InChI=1S/C12H16FNO/c13-10(8-14)7-9-5-6-15-12-4-2-1-3-11(9)12/h1-4,9-10H,5-8,14H2. The number of rotatable bonds is 3. The summed E-state index contributed by atoms with van der Waals surface area (Å²) in [5.41, 5.74) is 6.43. The molecule has 2 nitrogen and oxygen atoms in total. The van der Waals surface area contributed by atoms with E-state index in [-0.39, 0.29) is 12.5 Å². The minimum Gasteiger partial charge on any atom is -0.493 e. The lowest BCUT2D eigenvalue weighted by molar-refractivity contribution is 0.233. The average molecular weight is 209 g/mol. The van der Waals surface area contributed by atoms with Crippen LogP contribution in [0.1, 0.15) is 24.3 Å². The van der Waals surface area contributed by atoms with Crippen molar-refractivity contribution in [2.45, 2.75) is 24.9 Å². The monoisotopic (exact) mass is 209 g/mol. The van der Waals surface area contributed by atoms with Gasteiger partial charge < -0.3 is 10.5 Å². The first-order valence-corrected chi connectivity index (χ1v) is 5.37. The Morgan fingerprint density at radius 1 is 1.47 bits per heavy atom. The van der Waals surface area contributed by atoms with E-state index in [0.717, 1.165) is 17.7 Å². The highest BCUT2D eigenvalue weighted by Crippen LogP contribution is 2.36.